The molecule has 2 aromatic carbocycles. The molecule has 0 bridgehead atoms. The van der Waals surface area contributed by atoms with Gasteiger partial charge in [0.05, 0.1) is 23.4 Å². The average Bonchev–Trinajstić information content (AvgIpc) is 3.19. The number of thiazole rings is 1. The van der Waals surface area contributed by atoms with Crippen LogP contribution >= 0.6 is 11.3 Å². The van der Waals surface area contributed by atoms with Crippen molar-refractivity contribution in [3.8, 4) is 17.2 Å². The Morgan fingerprint density at radius 3 is 2.39 bits per heavy atom. The molecule has 0 aliphatic rings. The van der Waals surface area contributed by atoms with Gasteiger partial charge in [-0.1, -0.05) is 11.3 Å². The minimum absolute atomic E-state index is 0.307. The first-order chi connectivity index (χ1) is 16.0. The topological polar surface area (TPSA) is 104 Å². The van der Waals surface area contributed by atoms with E-state index in [0.29, 0.717) is 41.0 Å². The van der Waals surface area contributed by atoms with Crippen LogP contribution in [0.3, 0.4) is 0 Å². The van der Waals surface area contributed by atoms with Gasteiger partial charge in [-0.05, 0) is 50.2 Å². The van der Waals surface area contributed by atoms with Crippen LogP contribution in [-0.2, 0) is 11.3 Å². The number of aromatic nitrogens is 3. The molecular formula is C23H22N4O5S. The van der Waals surface area contributed by atoms with Gasteiger partial charge in [0.15, 0.2) is 5.13 Å². The molecule has 2 heterocycles. The van der Waals surface area contributed by atoms with Crippen LogP contribution in [0.4, 0.5) is 5.13 Å². The summed E-state index contributed by atoms with van der Waals surface area (Å²) in [5.41, 5.74) is -0.320. The van der Waals surface area contributed by atoms with E-state index in [-0.39, 0.29) is 6.54 Å². The molecule has 9 nitrogen and oxygen atoms in total. The third-order valence-corrected chi connectivity index (χ3v) is 5.67. The molecule has 0 atom stereocenters. The highest BCUT2D eigenvalue weighted by Crippen LogP contribution is 2.29. The molecule has 0 radical (unpaired) electrons. The van der Waals surface area contributed by atoms with Crippen molar-refractivity contribution in [2.45, 2.75) is 20.4 Å². The fourth-order valence-electron chi connectivity index (χ4n) is 3.24. The van der Waals surface area contributed by atoms with E-state index in [1.165, 1.54) is 28.3 Å². The molecule has 4 aromatic rings. The zero-order valence-corrected chi connectivity index (χ0v) is 18.9. The van der Waals surface area contributed by atoms with Crippen LogP contribution in [0.2, 0.25) is 0 Å². The van der Waals surface area contributed by atoms with E-state index in [0.717, 1.165) is 9.27 Å². The van der Waals surface area contributed by atoms with Crippen LogP contribution < -0.4 is 25.9 Å². The highest BCUT2D eigenvalue weighted by Gasteiger charge is 2.13. The van der Waals surface area contributed by atoms with Gasteiger partial charge < -0.3 is 14.8 Å². The van der Waals surface area contributed by atoms with E-state index in [1.807, 2.05) is 26.0 Å². The number of benzene rings is 2. The number of nitrogens with one attached hydrogen (secondary N) is 1. The molecule has 0 fully saturated rings. The fraction of sp³-hybridized carbons (Fsp3) is 0.217. The third kappa shape index (κ3) is 4.96. The Kier molecular flexibility index (Phi) is 6.55. The van der Waals surface area contributed by atoms with Crippen molar-refractivity contribution >= 4 is 32.6 Å². The van der Waals surface area contributed by atoms with E-state index < -0.39 is 17.0 Å². The molecule has 2 aromatic heterocycles. The molecule has 33 heavy (non-hydrogen) atoms. The highest BCUT2D eigenvalue weighted by atomic mass is 32.1. The maximum absolute atomic E-state index is 12.6. The molecule has 1 amide bonds. The van der Waals surface area contributed by atoms with E-state index in [2.05, 4.69) is 10.3 Å². The lowest BCUT2D eigenvalue weighted by atomic mass is 10.3. The van der Waals surface area contributed by atoms with E-state index in [9.17, 15) is 14.4 Å². The first-order valence-electron chi connectivity index (χ1n) is 10.4. The molecule has 0 spiro atoms. The number of amides is 1. The molecule has 0 saturated carbocycles. The van der Waals surface area contributed by atoms with Gasteiger partial charge in [0.1, 0.15) is 18.0 Å². The molecule has 4 rings (SSSR count). The number of rotatable bonds is 8. The van der Waals surface area contributed by atoms with E-state index >= 15 is 0 Å². The van der Waals surface area contributed by atoms with Crippen LogP contribution in [0, 0.1) is 0 Å². The second kappa shape index (κ2) is 9.70. The summed E-state index contributed by atoms with van der Waals surface area (Å²) < 4.78 is 14.1. The first-order valence-corrected chi connectivity index (χ1v) is 11.2. The molecule has 1 N–H and O–H groups in total. The van der Waals surface area contributed by atoms with E-state index in [4.69, 9.17) is 9.47 Å². The summed E-state index contributed by atoms with van der Waals surface area (Å²) in [4.78, 5) is 42.0. The molecule has 0 unspecified atom stereocenters. The van der Waals surface area contributed by atoms with Crippen LogP contribution in [0.1, 0.15) is 13.8 Å². The zero-order valence-electron chi connectivity index (χ0n) is 18.1. The van der Waals surface area contributed by atoms with Crippen molar-refractivity contribution in [1.82, 2.24) is 14.1 Å². The Labute approximate surface area is 192 Å². The molecular weight excluding hydrogens is 444 g/mol. The van der Waals surface area contributed by atoms with Gasteiger partial charge in [0.2, 0.25) is 5.91 Å². The number of fused-ring (bicyclic) bond motifs is 1. The summed E-state index contributed by atoms with van der Waals surface area (Å²) in [5.74, 6) is 0.913. The Balaban J connectivity index is 1.49. The lowest BCUT2D eigenvalue weighted by molar-refractivity contribution is -0.116. The van der Waals surface area contributed by atoms with Crippen molar-refractivity contribution in [2.75, 3.05) is 18.5 Å². The standard InChI is InChI=1S/C23H22N4O5S/c1-3-31-16-7-5-15(6-8-16)27-12-11-26(21(29)22(27)30)14-20(28)25-23-24-18-13-17(32-4-2)9-10-19(18)33-23/h5-13H,3-4,14H2,1-2H3,(H,24,25,28). The number of nitrogens with zero attached hydrogens (tertiary/aromatic N) is 3. The van der Waals surface area contributed by atoms with Gasteiger partial charge in [-0.15, -0.1) is 0 Å². The Hall–Kier alpha value is -3.92. The predicted molar refractivity (Wildman–Crippen MR) is 127 cm³/mol. The normalized spacial score (nSPS) is 10.8. The summed E-state index contributed by atoms with van der Waals surface area (Å²) >= 11 is 1.31. The Bertz CT molecular complexity index is 1410. The summed E-state index contributed by atoms with van der Waals surface area (Å²) in [6.07, 6.45) is 2.87. The molecule has 10 heteroatoms. The highest BCUT2D eigenvalue weighted by molar-refractivity contribution is 7.22. The molecule has 0 aliphatic heterocycles. The quantitative estimate of drug-likeness (QED) is 0.400. The lowest BCUT2D eigenvalue weighted by Gasteiger charge is -2.09. The number of hydrogen-bond acceptors (Lipinski definition) is 7. The minimum atomic E-state index is -0.799. The summed E-state index contributed by atoms with van der Waals surface area (Å²) in [6, 6.07) is 12.3. The van der Waals surface area contributed by atoms with Crippen LogP contribution in [0.15, 0.2) is 64.4 Å². The number of carbonyl (C=O) groups is 1. The largest absolute Gasteiger partial charge is 0.494 e. The fourth-order valence-corrected chi connectivity index (χ4v) is 4.10. The Morgan fingerprint density at radius 1 is 0.970 bits per heavy atom. The third-order valence-electron chi connectivity index (χ3n) is 4.71. The van der Waals surface area contributed by atoms with Crippen molar-refractivity contribution in [2.24, 2.45) is 0 Å². The SMILES string of the molecule is CCOc1ccc(-n2ccn(CC(=O)Nc3nc4cc(OCC)ccc4s3)c(=O)c2=O)cc1. The number of carbonyl (C=O) groups excluding carboxylic acids is 1. The second-order valence-corrected chi connectivity index (χ2v) is 7.99. The van der Waals surface area contributed by atoms with Crippen molar-refractivity contribution < 1.29 is 14.3 Å². The number of hydrogen-bond donors (Lipinski definition) is 1. The summed E-state index contributed by atoms with van der Waals surface area (Å²) in [6.45, 7) is 4.55. The van der Waals surface area contributed by atoms with Crippen LogP contribution in [-0.4, -0.2) is 33.2 Å². The van der Waals surface area contributed by atoms with E-state index in [1.54, 1.807) is 30.3 Å². The summed E-state index contributed by atoms with van der Waals surface area (Å²) in [7, 11) is 0. The van der Waals surface area contributed by atoms with Gasteiger partial charge in [0.25, 0.3) is 0 Å². The number of ether oxygens (including phenoxy) is 2. The number of anilines is 1. The lowest BCUT2D eigenvalue weighted by Crippen LogP contribution is -2.41. The smallest absolute Gasteiger partial charge is 0.320 e. The zero-order chi connectivity index (χ0) is 23.4. The van der Waals surface area contributed by atoms with Crippen molar-refractivity contribution in [1.29, 1.82) is 0 Å². The van der Waals surface area contributed by atoms with Gasteiger partial charge in [-0.25, -0.2) is 4.98 Å². The van der Waals surface area contributed by atoms with Crippen LogP contribution in [0.25, 0.3) is 15.9 Å². The van der Waals surface area contributed by atoms with Crippen molar-refractivity contribution in [3.05, 3.63) is 75.6 Å². The van der Waals surface area contributed by atoms with Crippen LogP contribution in [0.5, 0.6) is 11.5 Å². The molecule has 0 saturated heterocycles. The molecule has 0 aliphatic carbocycles. The van der Waals surface area contributed by atoms with Gasteiger partial charge in [-0.2, -0.15) is 0 Å². The first kappa shape index (κ1) is 22.3. The molecule has 170 valence electrons. The maximum Gasteiger partial charge on any atom is 0.320 e. The van der Waals surface area contributed by atoms with Crippen molar-refractivity contribution in [3.63, 3.8) is 0 Å². The average molecular weight is 467 g/mol. The monoisotopic (exact) mass is 466 g/mol. The maximum atomic E-state index is 12.6. The summed E-state index contributed by atoms with van der Waals surface area (Å²) in [5, 5.41) is 3.09. The van der Waals surface area contributed by atoms with Gasteiger partial charge in [0, 0.05) is 24.1 Å². The minimum Gasteiger partial charge on any atom is -0.494 e. The van der Waals surface area contributed by atoms with Gasteiger partial charge >= 0.3 is 11.1 Å². The second-order valence-electron chi connectivity index (χ2n) is 6.96. The van der Waals surface area contributed by atoms with Gasteiger partial charge in [-0.3, -0.25) is 23.5 Å². The Morgan fingerprint density at radius 2 is 1.67 bits per heavy atom. The predicted octanol–water partition coefficient (Wildman–Crippen LogP) is 3.05.